The quantitative estimate of drug-likeness (QED) is 0.255. The van der Waals surface area contributed by atoms with Crippen molar-refractivity contribution >= 4 is 11.3 Å². The van der Waals surface area contributed by atoms with Crippen molar-refractivity contribution in [1.29, 1.82) is 0 Å². The third-order valence-corrected chi connectivity index (χ3v) is 7.13. The largest absolute Gasteiger partial charge is 0.489 e. The molecule has 8 heteroatoms. The summed E-state index contributed by atoms with van der Waals surface area (Å²) in [6.07, 6.45) is 4.81. The molecule has 0 bridgehead atoms. The molecule has 0 amide bonds. The smallest absolute Gasteiger partial charge is 0.150 e. The molecular weight excluding hydrogens is 495 g/mol. The minimum Gasteiger partial charge on any atom is -0.489 e. The zero-order valence-corrected chi connectivity index (χ0v) is 21.8. The van der Waals surface area contributed by atoms with Crippen molar-refractivity contribution in [1.82, 2.24) is 14.4 Å². The Balaban J connectivity index is 1.27. The van der Waals surface area contributed by atoms with Gasteiger partial charge in [0.15, 0.2) is 0 Å². The molecule has 6 rings (SSSR count). The summed E-state index contributed by atoms with van der Waals surface area (Å²) in [5, 5.41) is 10.3. The van der Waals surface area contributed by atoms with E-state index in [1.165, 1.54) is 12.1 Å². The average molecular weight is 525 g/mol. The Kier molecular flexibility index (Phi) is 6.19. The maximum atomic E-state index is 14.4. The number of rotatable bonds is 7. The first-order chi connectivity index (χ1) is 18.8. The number of fused-ring (bicyclic) bond motifs is 1. The molecule has 198 valence electrons. The van der Waals surface area contributed by atoms with Crippen LogP contribution >= 0.6 is 0 Å². The zero-order valence-electron chi connectivity index (χ0n) is 21.8. The summed E-state index contributed by atoms with van der Waals surface area (Å²) in [5.41, 5.74) is 9.89. The second kappa shape index (κ2) is 9.71. The van der Waals surface area contributed by atoms with E-state index in [0.717, 1.165) is 33.7 Å². The number of imidazole rings is 1. The van der Waals surface area contributed by atoms with Gasteiger partial charge in [0.25, 0.3) is 0 Å². The maximum Gasteiger partial charge on any atom is 0.150 e. The van der Waals surface area contributed by atoms with Crippen LogP contribution in [0.15, 0.2) is 79.1 Å². The van der Waals surface area contributed by atoms with Crippen molar-refractivity contribution in [2.75, 3.05) is 5.73 Å². The molecule has 3 aromatic carbocycles. The number of benzene rings is 3. The third kappa shape index (κ3) is 5.03. The van der Waals surface area contributed by atoms with E-state index in [4.69, 9.17) is 20.2 Å². The van der Waals surface area contributed by atoms with Crippen LogP contribution in [0.5, 0.6) is 17.2 Å². The van der Waals surface area contributed by atoms with Gasteiger partial charge in [-0.15, -0.1) is 0 Å². The number of nitrogens with two attached hydrogens (primary N) is 1. The second-order valence-electron chi connectivity index (χ2n) is 10.4. The number of nitrogen functional groups attached to an aromatic ring is 1. The summed E-state index contributed by atoms with van der Waals surface area (Å²) >= 11 is 0. The molecule has 1 fully saturated rings. The molecule has 0 atom stereocenters. The van der Waals surface area contributed by atoms with Crippen molar-refractivity contribution in [3.05, 3.63) is 102 Å². The van der Waals surface area contributed by atoms with E-state index in [1.54, 1.807) is 12.3 Å². The van der Waals surface area contributed by atoms with Crippen LogP contribution in [0.3, 0.4) is 0 Å². The van der Waals surface area contributed by atoms with Gasteiger partial charge in [-0.25, -0.2) is 14.4 Å². The van der Waals surface area contributed by atoms with Crippen molar-refractivity contribution in [3.63, 3.8) is 0 Å². The fourth-order valence-electron chi connectivity index (χ4n) is 5.27. The van der Waals surface area contributed by atoms with Crippen molar-refractivity contribution in [3.8, 4) is 28.5 Å². The molecule has 7 nitrogen and oxygen atoms in total. The number of ether oxygens (including phenoxy) is 2. The Morgan fingerprint density at radius 2 is 1.82 bits per heavy atom. The first-order valence-corrected chi connectivity index (χ1v) is 12.9. The normalized spacial score (nSPS) is 18.6. The van der Waals surface area contributed by atoms with Gasteiger partial charge in [-0.1, -0.05) is 30.3 Å². The molecule has 0 spiro atoms. The molecule has 2 heterocycles. The lowest BCUT2D eigenvalue weighted by Gasteiger charge is -2.40. The topological polar surface area (TPSA) is 94.9 Å². The number of aromatic nitrogens is 3. The van der Waals surface area contributed by atoms with Crippen molar-refractivity contribution in [2.24, 2.45) is 0 Å². The highest BCUT2D eigenvalue weighted by molar-refractivity contribution is 5.86. The first-order valence-electron chi connectivity index (χ1n) is 12.9. The van der Waals surface area contributed by atoms with Crippen LogP contribution in [-0.4, -0.2) is 25.1 Å². The van der Waals surface area contributed by atoms with E-state index >= 15 is 0 Å². The fourth-order valence-corrected chi connectivity index (χ4v) is 5.27. The average Bonchev–Trinajstić information content (AvgIpc) is 3.27. The van der Waals surface area contributed by atoms with Gasteiger partial charge >= 0.3 is 0 Å². The van der Waals surface area contributed by atoms with Crippen LogP contribution in [-0.2, 0) is 6.61 Å². The third-order valence-electron chi connectivity index (χ3n) is 7.13. The highest BCUT2D eigenvalue weighted by Crippen LogP contribution is 2.45. The van der Waals surface area contributed by atoms with E-state index < -0.39 is 11.4 Å². The van der Waals surface area contributed by atoms with Gasteiger partial charge in [0.1, 0.15) is 52.5 Å². The van der Waals surface area contributed by atoms with E-state index in [2.05, 4.69) is 4.98 Å². The first kappa shape index (κ1) is 24.9. The SMILES string of the molecule is Cc1cc(Oc2cc(F)cc(OCc3ccccc3)c2)ccc1-c1nc(C2CC(C)(O)C2)n2ccnc(N)c12. The predicted octanol–water partition coefficient (Wildman–Crippen LogP) is 6.43. The van der Waals surface area contributed by atoms with Crippen LogP contribution in [0.25, 0.3) is 16.8 Å². The highest BCUT2D eigenvalue weighted by atomic mass is 19.1. The van der Waals surface area contributed by atoms with Gasteiger partial charge in [-0.2, -0.15) is 0 Å². The standard InChI is InChI=1S/C31H29FN4O3/c1-19-12-23(39-25-14-22(32)13-24(15-25)38-18-20-6-4-3-5-7-20)8-9-26(19)27-28-29(33)34-10-11-36(28)30(35-27)21-16-31(2,37)17-21/h3-15,21,37H,16-18H2,1-2H3,(H2,33,34). The molecule has 0 radical (unpaired) electrons. The molecule has 1 aliphatic carbocycles. The highest BCUT2D eigenvalue weighted by Gasteiger charge is 2.41. The molecule has 5 aromatic rings. The van der Waals surface area contributed by atoms with Gasteiger partial charge < -0.3 is 20.3 Å². The number of hydrogen-bond donors (Lipinski definition) is 2. The summed E-state index contributed by atoms with van der Waals surface area (Å²) in [6, 6.07) is 19.7. The van der Waals surface area contributed by atoms with Gasteiger partial charge in [0.05, 0.1) is 5.60 Å². The molecule has 39 heavy (non-hydrogen) atoms. The molecule has 1 aliphatic rings. The minimum atomic E-state index is -0.673. The molecule has 0 saturated heterocycles. The molecule has 2 aromatic heterocycles. The van der Waals surface area contributed by atoms with Crippen molar-refractivity contribution < 1.29 is 19.0 Å². The van der Waals surface area contributed by atoms with Crippen LogP contribution in [0, 0.1) is 12.7 Å². The fraction of sp³-hybridized carbons (Fsp3) is 0.226. The van der Waals surface area contributed by atoms with Crippen LogP contribution in [0.1, 0.15) is 42.6 Å². The lowest BCUT2D eigenvalue weighted by Crippen LogP contribution is -2.40. The lowest BCUT2D eigenvalue weighted by molar-refractivity contribution is -0.0335. The van der Waals surface area contributed by atoms with E-state index in [0.29, 0.717) is 42.5 Å². The molecular formula is C31H29FN4O3. The Morgan fingerprint density at radius 3 is 2.56 bits per heavy atom. The van der Waals surface area contributed by atoms with Gasteiger partial charge in [0.2, 0.25) is 0 Å². The number of halogens is 1. The Bertz CT molecular complexity index is 1660. The van der Waals surface area contributed by atoms with Crippen molar-refractivity contribution in [2.45, 2.75) is 44.8 Å². The van der Waals surface area contributed by atoms with Crippen LogP contribution in [0.4, 0.5) is 10.2 Å². The Morgan fingerprint density at radius 1 is 1.05 bits per heavy atom. The summed E-state index contributed by atoms with van der Waals surface area (Å²) in [5.74, 6) is 2.22. The summed E-state index contributed by atoms with van der Waals surface area (Å²) in [4.78, 5) is 9.26. The summed E-state index contributed by atoms with van der Waals surface area (Å²) in [6.45, 7) is 4.14. The molecule has 0 aliphatic heterocycles. The van der Waals surface area contributed by atoms with Crippen LogP contribution < -0.4 is 15.2 Å². The Labute approximate surface area is 225 Å². The number of aliphatic hydroxyl groups is 1. The minimum absolute atomic E-state index is 0.136. The molecule has 1 saturated carbocycles. The predicted molar refractivity (Wildman–Crippen MR) is 147 cm³/mol. The van der Waals surface area contributed by atoms with E-state index in [1.807, 2.05) is 73.0 Å². The number of anilines is 1. The maximum absolute atomic E-state index is 14.4. The monoisotopic (exact) mass is 524 g/mol. The summed E-state index contributed by atoms with van der Waals surface area (Å²) in [7, 11) is 0. The Hall–Kier alpha value is -4.43. The van der Waals surface area contributed by atoms with Gasteiger partial charge in [0, 0.05) is 42.1 Å². The number of nitrogens with zero attached hydrogens (tertiary/aromatic N) is 3. The van der Waals surface area contributed by atoms with E-state index in [-0.39, 0.29) is 5.92 Å². The van der Waals surface area contributed by atoms with Crippen LogP contribution in [0.2, 0.25) is 0 Å². The van der Waals surface area contributed by atoms with E-state index in [9.17, 15) is 9.50 Å². The second-order valence-corrected chi connectivity index (χ2v) is 10.4. The molecule has 0 unspecified atom stereocenters. The van der Waals surface area contributed by atoms with Gasteiger partial charge in [-0.05, 0) is 56.0 Å². The summed E-state index contributed by atoms with van der Waals surface area (Å²) < 4.78 is 28.1. The van der Waals surface area contributed by atoms with Gasteiger partial charge in [-0.3, -0.25) is 4.40 Å². The lowest BCUT2D eigenvalue weighted by atomic mass is 9.72. The number of aryl methyl sites for hydroxylation is 1. The zero-order chi connectivity index (χ0) is 27.1. The molecule has 3 N–H and O–H groups in total. The number of hydrogen-bond acceptors (Lipinski definition) is 6.